The number of rotatable bonds is 5. The Hall–Kier alpha value is -0.750. The Balaban J connectivity index is 2.81. The highest BCUT2D eigenvalue weighted by molar-refractivity contribution is 8.00. The smallest absolute Gasteiger partial charge is 0.327 e. The number of hydrogen-bond acceptors (Lipinski definition) is 4. The van der Waals surface area contributed by atoms with Crippen molar-refractivity contribution in [2.75, 3.05) is 5.75 Å². The molecule has 3 N–H and O–H groups in total. The second kappa shape index (κ2) is 6.26. The van der Waals surface area contributed by atoms with Gasteiger partial charge >= 0.3 is 5.97 Å². The molecule has 1 heterocycles. The highest BCUT2D eigenvalue weighted by Gasteiger charge is 2.41. The van der Waals surface area contributed by atoms with Crippen LogP contribution in [0, 0.1) is 0 Å². The van der Waals surface area contributed by atoms with Crippen LogP contribution in [-0.2, 0) is 9.59 Å². The van der Waals surface area contributed by atoms with Gasteiger partial charge in [-0.25, -0.2) is 4.79 Å². The number of carboxylic acid groups (broad SMARTS) is 1. The first-order valence-corrected chi connectivity index (χ1v) is 6.99. The highest BCUT2D eigenvalue weighted by atomic mass is 32.2. The average molecular weight is 260 g/mol. The number of hydrogen-bond donors (Lipinski definition) is 2. The summed E-state index contributed by atoms with van der Waals surface area (Å²) in [6.07, 6.45) is 2.17. The summed E-state index contributed by atoms with van der Waals surface area (Å²) >= 11 is 1.52. The Labute approximate surface area is 106 Å². The van der Waals surface area contributed by atoms with Gasteiger partial charge in [0.15, 0.2) is 0 Å². The van der Waals surface area contributed by atoms with Crippen molar-refractivity contribution in [2.45, 2.75) is 50.6 Å². The van der Waals surface area contributed by atoms with Gasteiger partial charge in [0.05, 0.1) is 11.4 Å². The van der Waals surface area contributed by atoms with Crippen LogP contribution in [0.1, 0.15) is 33.1 Å². The molecule has 0 bridgehead atoms. The zero-order chi connectivity index (χ0) is 13.0. The first kappa shape index (κ1) is 14.3. The van der Waals surface area contributed by atoms with Crippen LogP contribution < -0.4 is 5.73 Å². The fraction of sp³-hybridized carbons (Fsp3) is 0.818. The third-order valence-corrected chi connectivity index (χ3v) is 4.35. The maximum Gasteiger partial charge on any atom is 0.327 e. The minimum Gasteiger partial charge on any atom is -0.480 e. The van der Waals surface area contributed by atoms with Crippen molar-refractivity contribution in [1.29, 1.82) is 0 Å². The van der Waals surface area contributed by atoms with E-state index >= 15 is 0 Å². The minimum absolute atomic E-state index is 0.0495. The van der Waals surface area contributed by atoms with Crippen LogP contribution in [-0.4, -0.2) is 45.1 Å². The Bertz CT molecular complexity index is 298. The number of carbonyl (C=O) groups excluding carboxylic acids is 1. The lowest BCUT2D eigenvalue weighted by Crippen LogP contribution is -2.51. The standard InChI is InChI=1S/C11H20N2O3S/c1-3-5-7(12)10(14)13-8(11(15)16)6-17-9(13)4-2/h7-9H,3-6,12H2,1-2H3,(H,15,16). The van der Waals surface area contributed by atoms with Crippen molar-refractivity contribution in [1.82, 2.24) is 4.90 Å². The van der Waals surface area contributed by atoms with Gasteiger partial charge in [0.1, 0.15) is 6.04 Å². The molecule has 0 spiro atoms. The van der Waals surface area contributed by atoms with Gasteiger partial charge in [0.25, 0.3) is 0 Å². The van der Waals surface area contributed by atoms with E-state index in [-0.39, 0.29) is 11.3 Å². The van der Waals surface area contributed by atoms with Gasteiger partial charge in [-0.2, -0.15) is 0 Å². The number of aliphatic carboxylic acids is 1. The van der Waals surface area contributed by atoms with E-state index in [9.17, 15) is 9.59 Å². The van der Waals surface area contributed by atoms with Crippen LogP contribution in [0.4, 0.5) is 0 Å². The quantitative estimate of drug-likeness (QED) is 0.766. The van der Waals surface area contributed by atoms with E-state index in [0.29, 0.717) is 12.2 Å². The maximum absolute atomic E-state index is 12.1. The molecule has 3 atom stereocenters. The van der Waals surface area contributed by atoms with E-state index in [2.05, 4.69) is 0 Å². The highest BCUT2D eigenvalue weighted by Crippen LogP contribution is 2.31. The van der Waals surface area contributed by atoms with Gasteiger partial charge in [-0.15, -0.1) is 11.8 Å². The Morgan fingerprint density at radius 2 is 2.18 bits per heavy atom. The molecule has 1 rings (SSSR count). The molecule has 0 saturated carbocycles. The third kappa shape index (κ3) is 3.13. The Morgan fingerprint density at radius 3 is 2.65 bits per heavy atom. The molecule has 1 amide bonds. The molecule has 3 unspecified atom stereocenters. The van der Waals surface area contributed by atoms with Crippen LogP contribution in [0.2, 0.25) is 0 Å². The number of nitrogens with zero attached hydrogens (tertiary/aromatic N) is 1. The first-order chi connectivity index (χ1) is 8.02. The van der Waals surface area contributed by atoms with Crippen LogP contribution in [0.15, 0.2) is 0 Å². The molecule has 5 nitrogen and oxygen atoms in total. The van der Waals surface area contributed by atoms with Gasteiger partial charge in [0, 0.05) is 5.75 Å². The van der Waals surface area contributed by atoms with Crippen molar-refractivity contribution in [2.24, 2.45) is 5.73 Å². The topological polar surface area (TPSA) is 83.6 Å². The minimum atomic E-state index is -0.939. The zero-order valence-corrected chi connectivity index (χ0v) is 11.1. The fourth-order valence-corrected chi connectivity index (χ4v) is 3.34. The lowest BCUT2D eigenvalue weighted by Gasteiger charge is -2.29. The molecule has 1 fully saturated rings. The zero-order valence-electron chi connectivity index (χ0n) is 10.3. The van der Waals surface area contributed by atoms with E-state index in [1.165, 1.54) is 16.7 Å². The van der Waals surface area contributed by atoms with E-state index in [4.69, 9.17) is 10.8 Å². The summed E-state index contributed by atoms with van der Waals surface area (Å²) in [6.45, 7) is 3.91. The molecule has 1 saturated heterocycles. The van der Waals surface area contributed by atoms with Crippen LogP contribution in [0.3, 0.4) is 0 Å². The van der Waals surface area contributed by atoms with Gasteiger partial charge in [0.2, 0.25) is 5.91 Å². The largest absolute Gasteiger partial charge is 0.480 e. The number of amides is 1. The summed E-state index contributed by atoms with van der Waals surface area (Å²) in [4.78, 5) is 24.7. The lowest BCUT2D eigenvalue weighted by molar-refractivity contribution is -0.149. The molecule has 0 radical (unpaired) electrons. The van der Waals surface area contributed by atoms with E-state index in [1.54, 1.807) is 0 Å². The molecule has 1 aliphatic heterocycles. The van der Waals surface area contributed by atoms with Crippen molar-refractivity contribution in [3.05, 3.63) is 0 Å². The number of nitrogens with two attached hydrogens (primary N) is 1. The predicted octanol–water partition coefficient (Wildman–Crippen LogP) is 0.879. The van der Waals surface area contributed by atoms with Gasteiger partial charge in [-0.1, -0.05) is 20.3 Å². The molecule has 6 heteroatoms. The molecular formula is C11H20N2O3S. The van der Waals surface area contributed by atoms with E-state index < -0.39 is 18.1 Å². The monoisotopic (exact) mass is 260 g/mol. The molecule has 0 aromatic carbocycles. The molecule has 0 aromatic heterocycles. The van der Waals surface area contributed by atoms with Crippen molar-refractivity contribution < 1.29 is 14.7 Å². The molecule has 17 heavy (non-hydrogen) atoms. The first-order valence-electron chi connectivity index (χ1n) is 5.95. The van der Waals surface area contributed by atoms with E-state index in [0.717, 1.165) is 12.8 Å². The summed E-state index contributed by atoms with van der Waals surface area (Å²) in [7, 11) is 0. The van der Waals surface area contributed by atoms with Crippen molar-refractivity contribution in [3.8, 4) is 0 Å². The summed E-state index contributed by atoms with van der Waals surface area (Å²) < 4.78 is 0. The normalized spacial score (nSPS) is 25.9. The average Bonchev–Trinajstić information content (AvgIpc) is 2.71. The Morgan fingerprint density at radius 1 is 1.53 bits per heavy atom. The number of thioether (sulfide) groups is 1. The SMILES string of the molecule is CCCC(N)C(=O)N1C(CC)SCC1C(=O)O. The molecular weight excluding hydrogens is 240 g/mol. The van der Waals surface area contributed by atoms with E-state index in [1.807, 2.05) is 13.8 Å². The Kier molecular flexibility index (Phi) is 5.27. The predicted molar refractivity (Wildman–Crippen MR) is 67.7 cm³/mol. The molecule has 98 valence electrons. The molecule has 0 aliphatic carbocycles. The van der Waals surface area contributed by atoms with Gasteiger partial charge < -0.3 is 15.7 Å². The lowest BCUT2D eigenvalue weighted by atomic mass is 10.1. The molecule has 1 aliphatic rings. The second-order valence-electron chi connectivity index (χ2n) is 4.19. The number of carbonyl (C=O) groups is 2. The fourth-order valence-electron chi connectivity index (χ4n) is 1.99. The van der Waals surface area contributed by atoms with Crippen LogP contribution in [0.25, 0.3) is 0 Å². The van der Waals surface area contributed by atoms with Crippen LogP contribution in [0.5, 0.6) is 0 Å². The molecule has 0 aromatic rings. The van der Waals surface area contributed by atoms with Crippen molar-refractivity contribution in [3.63, 3.8) is 0 Å². The summed E-state index contributed by atoms with van der Waals surface area (Å²) in [5, 5.41) is 9.06. The van der Waals surface area contributed by atoms with Crippen LogP contribution >= 0.6 is 11.8 Å². The van der Waals surface area contributed by atoms with Crippen molar-refractivity contribution >= 4 is 23.6 Å². The third-order valence-electron chi connectivity index (χ3n) is 2.90. The van der Waals surface area contributed by atoms with Gasteiger partial charge in [-0.3, -0.25) is 4.79 Å². The van der Waals surface area contributed by atoms with Gasteiger partial charge in [-0.05, 0) is 12.8 Å². The summed E-state index contributed by atoms with van der Waals surface area (Å²) in [5.41, 5.74) is 5.79. The summed E-state index contributed by atoms with van der Waals surface area (Å²) in [5.74, 6) is -0.708. The second-order valence-corrected chi connectivity index (χ2v) is 5.40. The number of carboxylic acids is 1. The maximum atomic E-state index is 12.1. The summed E-state index contributed by atoms with van der Waals surface area (Å²) in [6, 6.07) is -1.30.